The van der Waals surface area contributed by atoms with Gasteiger partial charge in [-0.1, -0.05) is 0 Å². The quantitative estimate of drug-likeness (QED) is 0.413. The Morgan fingerprint density at radius 2 is 2.33 bits per heavy atom. The van der Waals surface area contributed by atoms with Crippen molar-refractivity contribution in [2.24, 2.45) is 0 Å². The van der Waals surface area contributed by atoms with E-state index < -0.39 is 0 Å². The molecule has 0 aromatic heterocycles. The minimum atomic E-state index is 0.282. The van der Waals surface area contributed by atoms with Gasteiger partial charge in [-0.15, -0.1) is 0 Å². The highest BCUT2D eigenvalue weighted by Gasteiger charge is 2.12. The fraction of sp³-hybridized carbons (Fsp3) is 1.00. The third kappa shape index (κ3) is 0.557. The summed E-state index contributed by atoms with van der Waals surface area (Å²) >= 11 is 0. The molecule has 0 spiro atoms. The second kappa shape index (κ2) is 1.62. The van der Waals surface area contributed by atoms with E-state index in [4.69, 9.17) is 8.05 Å². The van der Waals surface area contributed by atoms with E-state index in [1.807, 2.05) is 0 Å². The van der Waals surface area contributed by atoms with Crippen LogP contribution in [0.4, 0.5) is 0 Å². The Hall–Kier alpha value is -0.0151. The van der Waals surface area contributed by atoms with Crippen LogP contribution in [0.5, 0.6) is 0 Å². The van der Waals surface area contributed by atoms with Crippen molar-refractivity contribution in [3.05, 3.63) is 0 Å². The van der Waals surface area contributed by atoms with E-state index in [2.05, 4.69) is 9.97 Å². The molecule has 1 saturated heterocycles. The Bertz CT molecular complexity index is 43.3. The van der Waals surface area contributed by atoms with Gasteiger partial charge in [0, 0.05) is 13.1 Å². The van der Waals surface area contributed by atoms with Gasteiger partial charge in [0.1, 0.15) is 0 Å². The van der Waals surface area contributed by atoms with Crippen molar-refractivity contribution in [1.29, 1.82) is 0 Å². The largest absolute Gasteiger partial charge is 0.442 e. The zero-order valence-electron chi connectivity index (χ0n) is 3.48. The average molecular weight is 82.9 g/mol. The number of rotatable bonds is 1. The Morgan fingerprint density at radius 1 is 1.67 bits per heavy atom. The summed E-state index contributed by atoms with van der Waals surface area (Å²) in [6.45, 7) is 1.83. The number of nitrogens with one attached hydrogen (secondary N) is 1. The summed E-state index contributed by atoms with van der Waals surface area (Å²) in [7, 11) is 4.79. The van der Waals surface area contributed by atoms with Gasteiger partial charge in [0.05, 0.1) is 6.10 Å². The maximum Gasteiger partial charge on any atom is 0.283 e. The summed E-state index contributed by atoms with van der Waals surface area (Å²) < 4.78 is 4.42. The molecule has 6 heavy (non-hydrogen) atoms. The van der Waals surface area contributed by atoms with Gasteiger partial charge >= 0.3 is 0 Å². The van der Waals surface area contributed by atoms with Crippen LogP contribution < -0.4 is 5.32 Å². The normalized spacial score (nSPS) is 23.3. The lowest BCUT2D eigenvalue weighted by Gasteiger charge is -2.25. The third-order valence-electron chi connectivity index (χ3n) is 0.936. The molecule has 2 radical (unpaired) electrons. The second-order valence-electron chi connectivity index (χ2n) is 1.42. The molecule has 0 aromatic carbocycles. The first-order valence-corrected chi connectivity index (χ1v) is 2.00. The van der Waals surface area contributed by atoms with Crippen molar-refractivity contribution >= 4 is 8.05 Å². The third-order valence-corrected chi connectivity index (χ3v) is 0.936. The van der Waals surface area contributed by atoms with Crippen molar-refractivity contribution in [1.82, 2.24) is 5.32 Å². The lowest BCUT2D eigenvalue weighted by atomic mass is 10.2. The van der Waals surface area contributed by atoms with Crippen molar-refractivity contribution < 1.29 is 4.65 Å². The first kappa shape index (κ1) is 4.15. The van der Waals surface area contributed by atoms with Gasteiger partial charge in [0.25, 0.3) is 8.05 Å². The fourth-order valence-electron chi connectivity index (χ4n) is 0.358. The second-order valence-corrected chi connectivity index (χ2v) is 1.42. The zero-order chi connectivity index (χ0) is 4.41. The van der Waals surface area contributed by atoms with Crippen LogP contribution in [0.1, 0.15) is 0 Å². The summed E-state index contributed by atoms with van der Waals surface area (Å²) in [6.07, 6.45) is 0.282. The molecule has 1 N–H and O–H groups in total. The van der Waals surface area contributed by atoms with E-state index in [0.29, 0.717) is 0 Å². The molecule has 0 atom stereocenters. The smallest absolute Gasteiger partial charge is 0.283 e. The number of hydrogen-bond donors (Lipinski definition) is 1. The maximum absolute atomic E-state index is 4.79. The van der Waals surface area contributed by atoms with Crippen LogP contribution in [0, 0.1) is 0 Å². The lowest BCUT2D eigenvalue weighted by Crippen LogP contribution is -2.48. The predicted molar refractivity (Wildman–Crippen MR) is 23.5 cm³/mol. The first-order valence-electron chi connectivity index (χ1n) is 2.00. The van der Waals surface area contributed by atoms with Gasteiger partial charge in [-0.05, 0) is 0 Å². The van der Waals surface area contributed by atoms with Crippen LogP contribution >= 0.6 is 0 Å². The highest BCUT2D eigenvalue weighted by Crippen LogP contribution is 1.92. The molecule has 0 unspecified atom stereocenters. The van der Waals surface area contributed by atoms with Crippen molar-refractivity contribution in [2.75, 3.05) is 13.1 Å². The van der Waals surface area contributed by atoms with Gasteiger partial charge in [-0.25, -0.2) is 0 Å². The fourth-order valence-corrected chi connectivity index (χ4v) is 0.358. The van der Waals surface area contributed by atoms with Crippen LogP contribution in [0.2, 0.25) is 0 Å². The molecule has 0 saturated carbocycles. The van der Waals surface area contributed by atoms with Crippen LogP contribution in [-0.2, 0) is 4.65 Å². The zero-order valence-corrected chi connectivity index (χ0v) is 3.48. The maximum atomic E-state index is 4.79. The Kier molecular flexibility index (Phi) is 1.12. The Balaban J connectivity index is 2.01. The Morgan fingerprint density at radius 3 is 2.33 bits per heavy atom. The molecule has 32 valence electrons. The van der Waals surface area contributed by atoms with Gasteiger partial charge in [0.2, 0.25) is 0 Å². The first-order chi connectivity index (χ1) is 2.93. The van der Waals surface area contributed by atoms with E-state index in [-0.39, 0.29) is 6.10 Å². The van der Waals surface area contributed by atoms with Crippen LogP contribution in [0.25, 0.3) is 0 Å². The molecule has 1 aliphatic rings. The molecule has 1 fully saturated rings. The van der Waals surface area contributed by atoms with Crippen LogP contribution in [-0.4, -0.2) is 27.2 Å². The molecule has 0 amide bonds. The highest BCUT2D eigenvalue weighted by molar-refractivity contribution is 5.98. The van der Waals surface area contributed by atoms with E-state index >= 15 is 0 Å². The lowest BCUT2D eigenvalue weighted by molar-refractivity contribution is 0.156. The van der Waals surface area contributed by atoms with Gasteiger partial charge < -0.3 is 9.97 Å². The molecular formula is C3H6BNO. The standard InChI is InChI=1S/C3H6BNO/c4-6-3-1-5-2-3/h3,5H,1-2H2. The molecular weight excluding hydrogens is 76.9 g/mol. The molecule has 1 heterocycles. The Labute approximate surface area is 38.3 Å². The number of hydrogen-bond acceptors (Lipinski definition) is 2. The molecule has 2 nitrogen and oxygen atoms in total. The summed E-state index contributed by atoms with van der Waals surface area (Å²) in [6, 6.07) is 0. The minimum absolute atomic E-state index is 0.282. The van der Waals surface area contributed by atoms with Crippen molar-refractivity contribution in [3.8, 4) is 0 Å². The summed E-state index contributed by atoms with van der Waals surface area (Å²) in [5, 5.41) is 3.01. The summed E-state index contributed by atoms with van der Waals surface area (Å²) in [5.74, 6) is 0. The molecule has 0 bridgehead atoms. The van der Waals surface area contributed by atoms with Gasteiger partial charge in [0.15, 0.2) is 0 Å². The van der Waals surface area contributed by atoms with E-state index in [9.17, 15) is 0 Å². The molecule has 0 aromatic rings. The monoisotopic (exact) mass is 83.1 g/mol. The summed E-state index contributed by atoms with van der Waals surface area (Å²) in [5.41, 5.74) is 0. The van der Waals surface area contributed by atoms with E-state index in [1.165, 1.54) is 0 Å². The minimum Gasteiger partial charge on any atom is -0.442 e. The van der Waals surface area contributed by atoms with Crippen molar-refractivity contribution in [2.45, 2.75) is 6.10 Å². The van der Waals surface area contributed by atoms with Crippen molar-refractivity contribution in [3.63, 3.8) is 0 Å². The molecule has 1 rings (SSSR count). The topological polar surface area (TPSA) is 21.3 Å². The average Bonchev–Trinajstić information content (AvgIpc) is 1.31. The van der Waals surface area contributed by atoms with Crippen LogP contribution in [0.15, 0.2) is 0 Å². The van der Waals surface area contributed by atoms with Crippen LogP contribution in [0.3, 0.4) is 0 Å². The highest BCUT2D eigenvalue weighted by atomic mass is 16.4. The van der Waals surface area contributed by atoms with E-state index in [1.54, 1.807) is 0 Å². The van der Waals surface area contributed by atoms with Gasteiger partial charge in [-0.3, -0.25) is 0 Å². The predicted octanol–water partition coefficient (Wildman–Crippen LogP) is -0.942. The SMILES string of the molecule is [B]OC1CNC1. The summed E-state index contributed by atoms with van der Waals surface area (Å²) in [4.78, 5) is 0. The molecule has 1 aliphatic heterocycles. The molecule has 0 aliphatic carbocycles. The van der Waals surface area contributed by atoms with E-state index in [0.717, 1.165) is 13.1 Å². The van der Waals surface area contributed by atoms with Gasteiger partial charge in [-0.2, -0.15) is 0 Å². The molecule has 3 heteroatoms.